The summed E-state index contributed by atoms with van der Waals surface area (Å²) < 4.78 is 21.7. The number of anilines is 1. The van der Waals surface area contributed by atoms with E-state index in [1.807, 2.05) is 6.07 Å². The second-order valence-electron chi connectivity index (χ2n) is 17.9. The van der Waals surface area contributed by atoms with E-state index in [0.717, 1.165) is 22.6 Å². The fourth-order valence-electron chi connectivity index (χ4n) is 8.79. The van der Waals surface area contributed by atoms with Gasteiger partial charge in [0.1, 0.15) is 12.4 Å². The molecule has 0 saturated carbocycles. The average Bonchev–Trinajstić information content (AvgIpc) is 3.82. The molecule has 0 aliphatic carbocycles. The van der Waals surface area contributed by atoms with E-state index < -0.39 is 16.6 Å². The molecule has 0 aliphatic rings. The van der Waals surface area contributed by atoms with Crippen LogP contribution in [-0.2, 0) is 15.5 Å². The maximum atomic E-state index is 7.52. The van der Waals surface area contributed by atoms with Gasteiger partial charge < -0.3 is 18.5 Å². The lowest BCUT2D eigenvalue weighted by Gasteiger charge is -2.44. The fraction of sp³-hybridized carbons (Fsp3) is 0.236. The standard InChI is InChI=1S/C55H61NO3SSi2/c1-54(2,3)61(49-26-14-8-15-27-49,50-28-16-9-17-29-50)58-40-38-56(39-41-59-62(55(4,5)6,51-30-18-10-19-31-51)52-32-20-11-21-33-52)47-36-34-46(35-37-48-25-22-42-60-48)53(43-47)57-44-45-23-12-7-13-24-45/h7-37,42-43H,38-41,44H2,1-6H3. The Kier molecular flexibility index (Phi) is 14.6. The van der Waals surface area contributed by atoms with Crippen LogP contribution >= 0.6 is 11.3 Å². The molecule has 0 aliphatic heterocycles. The lowest BCUT2D eigenvalue weighted by atomic mass is 10.1. The molecule has 0 bridgehead atoms. The van der Waals surface area contributed by atoms with E-state index in [-0.39, 0.29) is 10.1 Å². The third-order valence-corrected chi connectivity index (χ3v) is 22.7. The zero-order valence-corrected chi connectivity index (χ0v) is 40.0. The van der Waals surface area contributed by atoms with Crippen LogP contribution in [-0.4, -0.2) is 42.9 Å². The first kappa shape index (κ1) is 44.8. The Balaban J connectivity index is 1.27. The number of thiophene rings is 1. The van der Waals surface area contributed by atoms with Crippen molar-refractivity contribution in [1.29, 1.82) is 0 Å². The Morgan fingerprint density at radius 2 is 0.935 bits per heavy atom. The Morgan fingerprint density at radius 1 is 0.500 bits per heavy atom. The Bertz CT molecular complexity index is 2250. The van der Waals surface area contributed by atoms with Crippen molar-refractivity contribution in [1.82, 2.24) is 0 Å². The van der Waals surface area contributed by atoms with Gasteiger partial charge in [-0.3, -0.25) is 0 Å². The number of nitrogens with zero attached hydrogens (tertiary/aromatic N) is 1. The molecule has 0 amide bonds. The van der Waals surface area contributed by atoms with E-state index in [1.165, 1.54) is 25.6 Å². The first-order chi connectivity index (χ1) is 30.0. The van der Waals surface area contributed by atoms with Crippen molar-refractivity contribution in [2.24, 2.45) is 0 Å². The maximum absolute atomic E-state index is 7.52. The zero-order valence-electron chi connectivity index (χ0n) is 37.2. The summed E-state index contributed by atoms with van der Waals surface area (Å²) in [5.41, 5.74) is 3.23. The van der Waals surface area contributed by atoms with Gasteiger partial charge in [0.05, 0.1) is 13.2 Å². The molecule has 7 aromatic rings. The average molecular weight is 872 g/mol. The minimum Gasteiger partial charge on any atom is -0.488 e. The Hall–Kier alpha value is -5.29. The number of ether oxygens (including phenoxy) is 1. The molecular formula is C55H61NO3SSi2. The molecule has 0 radical (unpaired) electrons. The van der Waals surface area contributed by atoms with Gasteiger partial charge in [-0.15, -0.1) is 11.3 Å². The van der Waals surface area contributed by atoms with Crippen LogP contribution in [0.1, 0.15) is 57.5 Å². The molecule has 7 heteroatoms. The molecule has 4 nitrogen and oxygen atoms in total. The van der Waals surface area contributed by atoms with Gasteiger partial charge in [-0.1, -0.05) is 199 Å². The van der Waals surface area contributed by atoms with Crippen LogP contribution in [0.2, 0.25) is 10.1 Å². The number of rotatable bonds is 18. The number of hydrogen-bond acceptors (Lipinski definition) is 5. The van der Waals surface area contributed by atoms with Crippen LogP contribution in [0.3, 0.4) is 0 Å². The van der Waals surface area contributed by atoms with Gasteiger partial charge in [-0.25, -0.2) is 0 Å². The van der Waals surface area contributed by atoms with Crippen LogP contribution < -0.4 is 30.4 Å². The highest BCUT2D eigenvalue weighted by Gasteiger charge is 2.51. The van der Waals surface area contributed by atoms with E-state index in [0.29, 0.717) is 32.9 Å². The van der Waals surface area contributed by atoms with E-state index in [4.69, 9.17) is 13.6 Å². The topological polar surface area (TPSA) is 30.9 Å². The Labute approximate surface area is 376 Å². The first-order valence-electron chi connectivity index (χ1n) is 21.8. The van der Waals surface area contributed by atoms with Crippen molar-refractivity contribution < 1.29 is 13.6 Å². The van der Waals surface area contributed by atoms with E-state index in [9.17, 15) is 0 Å². The monoisotopic (exact) mass is 871 g/mol. The largest absolute Gasteiger partial charge is 0.488 e. The summed E-state index contributed by atoms with van der Waals surface area (Å²) >= 11 is 1.73. The number of benzene rings is 6. The highest BCUT2D eigenvalue weighted by molar-refractivity contribution is 7.10. The van der Waals surface area contributed by atoms with Gasteiger partial charge in [0, 0.05) is 35.3 Å². The summed E-state index contributed by atoms with van der Waals surface area (Å²) in [4.78, 5) is 3.64. The summed E-state index contributed by atoms with van der Waals surface area (Å²) in [6.07, 6.45) is 4.33. The van der Waals surface area contributed by atoms with Crippen molar-refractivity contribution in [3.63, 3.8) is 0 Å². The molecular weight excluding hydrogens is 811 g/mol. The zero-order chi connectivity index (χ0) is 43.5. The number of hydrogen-bond donors (Lipinski definition) is 0. The van der Waals surface area contributed by atoms with Crippen LogP contribution in [0.15, 0.2) is 187 Å². The van der Waals surface area contributed by atoms with E-state index in [1.54, 1.807) is 11.3 Å². The molecule has 1 heterocycles. The lowest BCUT2D eigenvalue weighted by molar-refractivity contribution is 0.284. The summed E-state index contributed by atoms with van der Waals surface area (Å²) in [5.74, 6) is 0.838. The third kappa shape index (κ3) is 10.1. The normalized spacial score (nSPS) is 12.4. The molecule has 6 aromatic carbocycles. The third-order valence-electron chi connectivity index (χ3n) is 11.8. The minimum atomic E-state index is -2.78. The van der Waals surface area contributed by atoms with Crippen molar-refractivity contribution >= 4 is 66.6 Å². The van der Waals surface area contributed by atoms with Crippen LogP contribution in [0, 0.1) is 0 Å². The fourth-order valence-corrected chi connectivity index (χ4v) is 18.5. The second kappa shape index (κ2) is 20.3. The van der Waals surface area contributed by atoms with E-state index >= 15 is 0 Å². The van der Waals surface area contributed by atoms with Gasteiger partial charge in [-0.05, 0) is 72.1 Å². The predicted molar refractivity (Wildman–Crippen MR) is 270 cm³/mol. The predicted octanol–water partition coefficient (Wildman–Crippen LogP) is 11.5. The van der Waals surface area contributed by atoms with Crippen LogP contribution in [0.25, 0.3) is 12.2 Å². The van der Waals surface area contributed by atoms with Gasteiger partial charge in [0.2, 0.25) is 0 Å². The molecule has 0 N–H and O–H groups in total. The molecule has 0 atom stereocenters. The van der Waals surface area contributed by atoms with E-state index in [2.05, 4.69) is 240 Å². The molecule has 0 unspecified atom stereocenters. The summed E-state index contributed by atoms with van der Waals surface area (Å²) in [6, 6.07) is 64.9. The SMILES string of the molecule is CC(C)(C)[Si](OCCN(CCO[Si](c1ccccc1)(c1ccccc1)C(C)(C)C)c1ccc(C=Cc2cccs2)c(OCc2ccccc2)c1)(c1ccccc1)c1ccccc1. The highest BCUT2D eigenvalue weighted by atomic mass is 32.1. The summed E-state index contributed by atoms with van der Waals surface area (Å²) in [6.45, 7) is 16.9. The quantitative estimate of drug-likeness (QED) is 0.0804. The molecule has 0 fully saturated rings. The van der Waals surface area contributed by atoms with Crippen molar-refractivity contribution in [3.8, 4) is 5.75 Å². The first-order valence-corrected chi connectivity index (χ1v) is 26.5. The molecule has 1 aromatic heterocycles. The molecule has 0 saturated heterocycles. The van der Waals surface area contributed by atoms with Crippen molar-refractivity contribution in [3.05, 3.63) is 203 Å². The van der Waals surface area contributed by atoms with Gasteiger partial charge in [-0.2, -0.15) is 0 Å². The van der Waals surface area contributed by atoms with Crippen LogP contribution in [0.4, 0.5) is 5.69 Å². The van der Waals surface area contributed by atoms with Gasteiger partial charge >= 0.3 is 0 Å². The molecule has 62 heavy (non-hydrogen) atoms. The minimum absolute atomic E-state index is 0.137. The summed E-state index contributed by atoms with van der Waals surface area (Å²) in [5, 5.41) is 6.94. The molecule has 7 rings (SSSR count). The van der Waals surface area contributed by atoms with Crippen molar-refractivity contribution in [2.45, 2.75) is 58.2 Å². The summed E-state index contributed by atoms with van der Waals surface area (Å²) in [7, 11) is -5.56. The molecule has 0 spiro atoms. The van der Waals surface area contributed by atoms with Gasteiger partial charge in [0.25, 0.3) is 16.6 Å². The van der Waals surface area contributed by atoms with Crippen LogP contribution in [0.5, 0.6) is 5.75 Å². The van der Waals surface area contributed by atoms with Gasteiger partial charge in [0.15, 0.2) is 0 Å². The highest BCUT2D eigenvalue weighted by Crippen LogP contribution is 2.38. The lowest BCUT2D eigenvalue weighted by Crippen LogP contribution is -2.67. The molecule has 318 valence electrons. The Morgan fingerprint density at radius 3 is 1.34 bits per heavy atom. The smallest absolute Gasteiger partial charge is 0.261 e. The van der Waals surface area contributed by atoms with Crippen molar-refractivity contribution in [2.75, 3.05) is 31.2 Å². The maximum Gasteiger partial charge on any atom is 0.261 e. The second-order valence-corrected chi connectivity index (χ2v) is 27.4.